The summed E-state index contributed by atoms with van der Waals surface area (Å²) >= 11 is 0. The Labute approximate surface area is 63.8 Å². The second-order valence-electron chi connectivity index (χ2n) is 3.16. The lowest BCUT2D eigenvalue weighted by Crippen LogP contribution is -1.84. The van der Waals surface area contributed by atoms with Crippen LogP contribution in [-0.4, -0.2) is 12.7 Å². The van der Waals surface area contributed by atoms with Crippen LogP contribution in [0.5, 0.6) is 0 Å². The van der Waals surface area contributed by atoms with E-state index in [1.165, 1.54) is 38.5 Å². The Kier molecular flexibility index (Phi) is 3.81. The van der Waals surface area contributed by atoms with Gasteiger partial charge in [-0.05, 0) is 6.42 Å². The molecule has 0 aromatic rings. The largest absolute Gasteiger partial charge is 0.373 e. The molecule has 0 N–H and O–H groups in total. The average Bonchev–Trinajstić information content (AvgIpc) is 2.71. The summed E-state index contributed by atoms with van der Waals surface area (Å²) in [5.74, 6) is 0. The molecule has 10 heavy (non-hydrogen) atoms. The van der Waals surface area contributed by atoms with Crippen LogP contribution >= 0.6 is 0 Å². The van der Waals surface area contributed by atoms with Crippen LogP contribution in [0.25, 0.3) is 0 Å². The summed E-state index contributed by atoms with van der Waals surface area (Å²) < 4.78 is 5.12. The number of hydrogen-bond acceptors (Lipinski definition) is 1. The van der Waals surface area contributed by atoms with Gasteiger partial charge in [-0.3, -0.25) is 0 Å². The van der Waals surface area contributed by atoms with Crippen LogP contribution in [0.2, 0.25) is 0 Å². The lowest BCUT2D eigenvalue weighted by Gasteiger charge is -1.96. The van der Waals surface area contributed by atoms with Gasteiger partial charge in [0.05, 0.1) is 12.7 Å². The maximum absolute atomic E-state index is 5.12. The Morgan fingerprint density at radius 2 is 1.90 bits per heavy atom. The minimum Gasteiger partial charge on any atom is -0.373 e. The Hall–Kier alpha value is -0.0400. The van der Waals surface area contributed by atoms with E-state index in [9.17, 15) is 0 Å². The summed E-state index contributed by atoms with van der Waals surface area (Å²) in [6.45, 7) is 3.29. The van der Waals surface area contributed by atoms with Crippen LogP contribution < -0.4 is 0 Å². The standard InChI is InChI=1S/C9H18O/c1-2-3-4-5-6-7-9-8-10-9/h9H,2-8H2,1H3/t9-/m0/s1. The Bertz CT molecular complexity index is 76.8. The van der Waals surface area contributed by atoms with E-state index in [0.717, 1.165) is 6.61 Å². The van der Waals surface area contributed by atoms with Crippen LogP contribution in [0.3, 0.4) is 0 Å². The van der Waals surface area contributed by atoms with E-state index >= 15 is 0 Å². The van der Waals surface area contributed by atoms with Gasteiger partial charge in [-0.15, -0.1) is 0 Å². The van der Waals surface area contributed by atoms with Gasteiger partial charge in [0.2, 0.25) is 0 Å². The van der Waals surface area contributed by atoms with Crippen molar-refractivity contribution < 1.29 is 4.74 Å². The van der Waals surface area contributed by atoms with Crippen molar-refractivity contribution in [3.63, 3.8) is 0 Å². The first-order valence-electron chi connectivity index (χ1n) is 4.55. The molecule has 0 aromatic carbocycles. The molecule has 1 atom stereocenters. The maximum Gasteiger partial charge on any atom is 0.0810 e. The van der Waals surface area contributed by atoms with E-state index < -0.39 is 0 Å². The van der Waals surface area contributed by atoms with Crippen LogP contribution in [0.4, 0.5) is 0 Å². The highest BCUT2D eigenvalue weighted by molar-refractivity contribution is 4.67. The minimum atomic E-state index is 0.654. The van der Waals surface area contributed by atoms with Gasteiger partial charge in [-0.25, -0.2) is 0 Å². The molecular formula is C9H18O. The molecule has 1 aliphatic rings. The van der Waals surface area contributed by atoms with Gasteiger partial charge in [0.1, 0.15) is 0 Å². The van der Waals surface area contributed by atoms with Crippen molar-refractivity contribution in [1.29, 1.82) is 0 Å². The topological polar surface area (TPSA) is 12.5 Å². The van der Waals surface area contributed by atoms with Crippen LogP contribution in [0.15, 0.2) is 0 Å². The molecule has 1 fully saturated rings. The Morgan fingerprint density at radius 1 is 1.20 bits per heavy atom. The van der Waals surface area contributed by atoms with E-state index in [0.29, 0.717) is 6.10 Å². The third-order valence-electron chi connectivity index (χ3n) is 2.03. The lowest BCUT2D eigenvalue weighted by atomic mass is 10.1. The van der Waals surface area contributed by atoms with E-state index in [2.05, 4.69) is 6.92 Å². The van der Waals surface area contributed by atoms with E-state index in [1.54, 1.807) is 0 Å². The van der Waals surface area contributed by atoms with Gasteiger partial charge in [-0.2, -0.15) is 0 Å². The molecule has 1 aliphatic heterocycles. The first-order valence-corrected chi connectivity index (χ1v) is 4.55. The highest BCUT2D eigenvalue weighted by Gasteiger charge is 2.20. The SMILES string of the molecule is CCCCCCC[C@H]1CO1. The summed E-state index contributed by atoms with van der Waals surface area (Å²) in [5.41, 5.74) is 0. The zero-order chi connectivity index (χ0) is 7.23. The molecular weight excluding hydrogens is 124 g/mol. The number of epoxide rings is 1. The number of ether oxygens (including phenoxy) is 1. The fraction of sp³-hybridized carbons (Fsp3) is 1.00. The summed E-state index contributed by atoms with van der Waals surface area (Å²) in [6, 6.07) is 0. The molecule has 60 valence electrons. The van der Waals surface area contributed by atoms with Gasteiger partial charge in [0.15, 0.2) is 0 Å². The quantitative estimate of drug-likeness (QED) is 0.410. The predicted octanol–water partition coefficient (Wildman–Crippen LogP) is 2.75. The number of hydrogen-bond donors (Lipinski definition) is 0. The summed E-state index contributed by atoms with van der Waals surface area (Å²) in [7, 11) is 0. The Balaban J connectivity index is 1.68. The fourth-order valence-electron chi connectivity index (χ4n) is 1.21. The van der Waals surface area contributed by atoms with Crippen LogP contribution in [0.1, 0.15) is 45.4 Å². The monoisotopic (exact) mass is 142 g/mol. The fourth-order valence-corrected chi connectivity index (χ4v) is 1.21. The highest BCUT2D eigenvalue weighted by atomic mass is 16.6. The maximum atomic E-state index is 5.12. The number of unbranched alkanes of at least 4 members (excludes halogenated alkanes) is 4. The van der Waals surface area contributed by atoms with Crippen molar-refractivity contribution >= 4 is 0 Å². The van der Waals surface area contributed by atoms with E-state index in [1.807, 2.05) is 0 Å². The van der Waals surface area contributed by atoms with Gasteiger partial charge in [0, 0.05) is 0 Å². The zero-order valence-electron chi connectivity index (χ0n) is 6.94. The molecule has 1 saturated heterocycles. The van der Waals surface area contributed by atoms with Gasteiger partial charge in [-0.1, -0.05) is 39.0 Å². The molecule has 1 nitrogen and oxygen atoms in total. The molecule has 0 aliphatic carbocycles. The third-order valence-corrected chi connectivity index (χ3v) is 2.03. The zero-order valence-corrected chi connectivity index (χ0v) is 6.94. The molecule has 0 radical (unpaired) electrons. The molecule has 0 unspecified atom stereocenters. The normalized spacial score (nSPS) is 23.1. The first-order chi connectivity index (χ1) is 4.93. The van der Waals surface area contributed by atoms with Gasteiger partial charge < -0.3 is 4.74 Å². The first kappa shape index (κ1) is 8.06. The average molecular weight is 142 g/mol. The van der Waals surface area contributed by atoms with Crippen molar-refractivity contribution in [3.8, 4) is 0 Å². The second kappa shape index (κ2) is 4.73. The molecule has 0 aromatic heterocycles. The third kappa shape index (κ3) is 3.89. The minimum absolute atomic E-state index is 0.654. The molecule has 0 spiro atoms. The Morgan fingerprint density at radius 3 is 2.50 bits per heavy atom. The second-order valence-corrected chi connectivity index (χ2v) is 3.16. The highest BCUT2D eigenvalue weighted by Crippen LogP contribution is 2.17. The van der Waals surface area contributed by atoms with Crippen molar-refractivity contribution in [1.82, 2.24) is 0 Å². The molecule has 1 heterocycles. The van der Waals surface area contributed by atoms with E-state index in [4.69, 9.17) is 4.74 Å². The smallest absolute Gasteiger partial charge is 0.0810 e. The van der Waals surface area contributed by atoms with Gasteiger partial charge in [0.25, 0.3) is 0 Å². The molecule has 1 rings (SSSR count). The van der Waals surface area contributed by atoms with Gasteiger partial charge >= 0.3 is 0 Å². The van der Waals surface area contributed by atoms with Crippen molar-refractivity contribution in [2.75, 3.05) is 6.61 Å². The summed E-state index contributed by atoms with van der Waals surface area (Å²) in [6.07, 6.45) is 8.93. The molecule has 0 bridgehead atoms. The van der Waals surface area contributed by atoms with Crippen molar-refractivity contribution in [2.24, 2.45) is 0 Å². The van der Waals surface area contributed by atoms with Crippen LogP contribution in [0, 0.1) is 0 Å². The lowest BCUT2D eigenvalue weighted by molar-refractivity contribution is 0.388. The predicted molar refractivity (Wildman–Crippen MR) is 43.1 cm³/mol. The van der Waals surface area contributed by atoms with Crippen molar-refractivity contribution in [3.05, 3.63) is 0 Å². The molecule has 1 heteroatoms. The number of rotatable bonds is 6. The van der Waals surface area contributed by atoms with Crippen LogP contribution in [-0.2, 0) is 4.74 Å². The summed E-state index contributed by atoms with van der Waals surface area (Å²) in [4.78, 5) is 0. The molecule has 0 saturated carbocycles. The molecule has 0 amide bonds. The van der Waals surface area contributed by atoms with E-state index in [-0.39, 0.29) is 0 Å². The van der Waals surface area contributed by atoms with Crippen molar-refractivity contribution in [2.45, 2.75) is 51.6 Å². The summed E-state index contributed by atoms with van der Waals surface area (Å²) in [5, 5.41) is 0.